The predicted octanol–water partition coefficient (Wildman–Crippen LogP) is 2.36. The largest absolute Gasteiger partial charge is 0.393 e. The molecule has 2 nitrogen and oxygen atoms in total. The van der Waals surface area contributed by atoms with Gasteiger partial charge in [0.15, 0.2) is 8.32 Å². The first-order valence-corrected chi connectivity index (χ1v) is 7.71. The van der Waals surface area contributed by atoms with Crippen molar-refractivity contribution in [2.45, 2.75) is 51.8 Å². The molecule has 0 aromatic carbocycles. The van der Waals surface area contributed by atoms with Crippen LogP contribution in [0.3, 0.4) is 0 Å². The molecule has 11 heavy (non-hydrogen) atoms. The van der Waals surface area contributed by atoms with Crippen LogP contribution in [0.25, 0.3) is 0 Å². The fourth-order valence-electron chi connectivity index (χ4n) is 1.25. The molecule has 1 aliphatic rings. The fraction of sp³-hybridized carbons (Fsp3) is 1.00. The Morgan fingerprint density at radius 1 is 1.27 bits per heavy atom. The van der Waals surface area contributed by atoms with E-state index in [9.17, 15) is 0 Å². The Bertz CT molecular complexity index is 131. The van der Waals surface area contributed by atoms with Crippen LogP contribution >= 0.6 is 0 Å². The molecule has 0 aromatic rings. The van der Waals surface area contributed by atoms with Gasteiger partial charge in [-0.2, -0.15) is 0 Å². The number of hydrogen-bond donors (Lipinski definition) is 0. The SMILES string of the molecule is C[C@@H]1CCC(O[Si](C)(C)C)O1. The number of ether oxygens (including phenoxy) is 1. The smallest absolute Gasteiger partial charge is 0.187 e. The highest BCUT2D eigenvalue weighted by atomic mass is 28.4. The van der Waals surface area contributed by atoms with Gasteiger partial charge >= 0.3 is 0 Å². The number of hydrogen-bond acceptors (Lipinski definition) is 2. The van der Waals surface area contributed by atoms with Gasteiger partial charge in [0.1, 0.15) is 6.29 Å². The standard InChI is InChI=1S/C8H18O2Si/c1-7-5-6-8(9-7)10-11(2,3)4/h7-8H,5-6H2,1-4H3/t7-,8?/m1/s1. The minimum Gasteiger partial charge on any atom is -0.393 e. The zero-order valence-corrected chi connectivity index (χ0v) is 8.89. The van der Waals surface area contributed by atoms with Gasteiger partial charge in [-0.3, -0.25) is 0 Å². The van der Waals surface area contributed by atoms with Crippen LogP contribution in [0.1, 0.15) is 19.8 Å². The molecule has 0 aromatic heterocycles. The molecule has 66 valence electrons. The maximum atomic E-state index is 5.79. The predicted molar refractivity (Wildman–Crippen MR) is 48.0 cm³/mol. The molecule has 0 saturated carbocycles. The molecule has 0 N–H and O–H groups in total. The third-order valence-electron chi connectivity index (χ3n) is 1.68. The van der Waals surface area contributed by atoms with Crippen LogP contribution in [0.15, 0.2) is 0 Å². The lowest BCUT2D eigenvalue weighted by Crippen LogP contribution is -2.31. The summed E-state index contributed by atoms with van der Waals surface area (Å²) in [6.45, 7) is 8.69. The molecule has 1 rings (SSSR count). The topological polar surface area (TPSA) is 18.5 Å². The van der Waals surface area contributed by atoms with E-state index in [0.29, 0.717) is 6.10 Å². The van der Waals surface area contributed by atoms with Gasteiger partial charge in [0, 0.05) is 0 Å². The molecule has 1 fully saturated rings. The van der Waals surface area contributed by atoms with E-state index in [2.05, 4.69) is 26.6 Å². The van der Waals surface area contributed by atoms with Gasteiger partial charge in [0.05, 0.1) is 6.10 Å². The minimum atomic E-state index is -1.38. The van der Waals surface area contributed by atoms with Crippen molar-refractivity contribution in [1.82, 2.24) is 0 Å². The fourth-order valence-corrected chi connectivity index (χ4v) is 2.21. The van der Waals surface area contributed by atoms with Crippen molar-refractivity contribution in [3.05, 3.63) is 0 Å². The van der Waals surface area contributed by atoms with Crippen molar-refractivity contribution in [3.8, 4) is 0 Å². The Kier molecular flexibility index (Phi) is 2.73. The summed E-state index contributed by atoms with van der Waals surface area (Å²) in [5.74, 6) is 0. The van der Waals surface area contributed by atoms with Gasteiger partial charge in [-0.25, -0.2) is 0 Å². The highest BCUT2D eigenvalue weighted by Gasteiger charge is 2.27. The first-order chi connectivity index (χ1) is 4.97. The molecule has 0 aliphatic carbocycles. The molecule has 0 bridgehead atoms. The molecule has 1 aliphatic heterocycles. The van der Waals surface area contributed by atoms with Crippen molar-refractivity contribution >= 4 is 8.32 Å². The highest BCUT2D eigenvalue weighted by Crippen LogP contribution is 2.22. The van der Waals surface area contributed by atoms with Crippen molar-refractivity contribution in [2.75, 3.05) is 0 Å². The summed E-state index contributed by atoms with van der Waals surface area (Å²) in [6.07, 6.45) is 2.72. The molecule has 0 amide bonds. The Morgan fingerprint density at radius 3 is 2.27 bits per heavy atom. The quantitative estimate of drug-likeness (QED) is 0.598. The zero-order valence-electron chi connectivity index (χ0n) is 7.89. The van der Waals surface area contributed by atoms with Crippen molar-refractivity contribution in [2.24, 2.45) is 0 Å². The summed E-state index contributed by atoms with van der Waals surface area (Å²) in [5, 5.41) is 0. The first-order valence-electron chi connectivity index (χ1n) is 4.31. The van der Waals surface area contributed by atoms with Crippen molar-refractivity contribution < 1.29 is 9.16 Å². The Balaban J connectivity index is 2.29. The molecular weight excluding hydrogens is 156 g/mol. The van der Waals surface area contributed by atoms with E-state index < -0.39 is 8.32 Å². The molecule has 0 spiro atoms. The third-order valence-corrected chi connectivity index (χ3v) is 2.65. The molecule has 2 atom stereocenters. The average molecular weight is 174 g/mol. The van der Waals surface area contributed by atoms with Gasteiger partial charge in [-0.15, -0.1) is 0 Å². The molecule has 0 radical (unpaired) electrons. The summed E-state index contributed by atoms with van der Waals surface area (Å²) in [6, 6.07) is 0. The maximum absolute atomic E-state index is 5.79. The monoisotopic (exact) mass is 174 g/mol. The molecule has 1 heterocycles. The summed E-state index contributed by atoms with van der Waals surface area (Å²) in [5.41, 5.74) is 0. The Morgan fingerprint density at radius 2 is 1.91 bits per heavy atom. The Hall–Kier alpha value is 0.137. The van der Waals surface area contributed by atoms with Crippen LogP contribution in [-0.2, 0) is 9.16 Å². The third kappa shape index (κ3) is 3.36. The van der Waals surface area contributed by atoms with E-state index in [0.717, 1.165) is 12.8 Å². The van der Waals surface area contributed by atoms with Crippen LogP contribution in [0.5, 0.6) is 0 Å². The highest BCUT2D eigenvalue weighted by molar-refractivity contribution is 6.69. The summed E-state index contributed by atoms with van der Waals surface area (Å²) in [4.78, 5) is 0. The van der Waals surface area contributed by atoms with E-state index in [1.165, 1.54) is 0 Å². The summed E-state index contributed by atoms with van der Waals surface area (Å²) >= 11 is 0. The van der Waals surface area contributed by atoms with E-state index in [4.69, 9.17) is 9.16 Å². The van der Waals surface area contributed by atoms with Gasteiger partial charge in [0.2, 0.25) is 0 Å². The van der Waals surface area contributed by atoms with E-state index >= 15 is 0 Å². The van der Waals surface area contributed by atoms with E-state index in [-0.39, 0.29) is 6.29 Å². The maximum Gasteiger partial charge on any atom is 0.187 e. The van der Waals surface area contributed by atoms with Crippen molar-refractivity contribution in [1.29, 1.82) is 0 Å². The van der Waals surface area contributed by atoms with Gasteiger partial charge in [0.25, 0.3) is 0 Å². The van der Waals surface area contributed by atoms with Gasteiger partial charge in [-0.1, -0.05) is 0 Å². The molecule has 1 unspecified atom stereocenters. The second kappa shape index (κ2) is 3.25. The lowest BCUT2D eigenvalue weighted by Gasteiger charge is -2.22. The van der Waals surface area contributed by atoms with E-state index in [1.807, 2.05) is 0 Å². The molecule has 3 heteroatoms. The van der Waals surface area contributed by atoms with E-state index in [1.54, 1.807) is 0 Å². The number of rotatable bonds is 2. The molecule has 1 saturated heterocycles. The first kappa shape index (κ1) is 9.23. The van der Waals surface area contributed by atoms with Crippen LogP contribution in [0.2, 0.25) is 19.6 Å². The summed E-state index contributed by atoms with van der Waals surface area (Å²) < 4.78 is 11.3. The van der Waals surface area contributed by atoms with Gasteiger partial charge < -0.3 is 9.16 Å². The van der Waals surface area contributed by atoms with Gasteiger partial charge in [-0.05, 0) is 39.4 Å². The van der Waals surface area contributed by atoms with Crippen LogP contribution in [0, 0.1) is 0 Å². The lowest BCUT2D eigenvalue weighted by molar-refractivity contribution is -0.0722. The van der Waals surface area contributed by atoms with Crippen molar-refractivity contribution in [3.63, 3.8) is 0 Å². The summed E-state index contributed by atoms with van der Waals surface area (Å²) in [7, 11) is -1.38. The van der Waals surface area contributed by atoms with Crippen LogP contribution < -0.4 is 0 Å². The Labute approximate surface area is 70.0 Å². The lowest BCUT2D eigenvalue weighted by atomic mass is 10.3. The average Bonchev–Trinajstić information content (AvgIpc) is 2.10. The second-order valence-corrected chi connectivity index (χ2v) is 8.64. The van der Waals surface area contributed by atoms with Crippen LogP contribution in [0.4, 0.5) is 0 Å². The minimum absolute atomic E-state index is 0.0941. The normalized spacial score (nSPS) is 32.7. The second-order valence-electron chi connectivity index (χ2n) is 4.18. The molecular formula is C8H18O2Si. The zero-order chi connectivity index (χ0) is 8.48. The van der Waals surface area contributed by atoms with Crippen LogP contribution in [-0.4, -0.2) is 20.7 Å².